The van der Waals surface area contributed by atoms with Gasteiger partial charge in [-0.25, -0.2) is 4.79 Å². The molecule has 0 fully saturated rings. The van der Waals surface area contributed by atoms with E-state index in [2.05, 4.69) is 28.1 Å². The Morgan fingerprint density at radius 1 is 1.04 bits per heavy atom. The van der Waals surface area contributed by atoms with Gasteiger partial charge in [-0.05, 0) is 29.8 Å². The highest BCUT2D eigenvalue weighted by molar-refractivity contribution is 9.10. The molecule has 0 aliphatic rings. The van der Waals surface area contributed by atoms with Crippen LogP contribution in [-0.4, -0.2) is 20.2 Å². The van der Waals surface area contributed by atoms with Gasteiger partial charge in [0.25, 0.3) is 0 Å². The first-order valence-electron chi connectivity index (χ1n) is 7.70. The number of halogens is 1. The van der Waals surface area contributed by atoms with Crippen molar-refractivity contribution in [2.24, 2.45) is 0 Å². The molecule has 3 aromatic carbocycles. The Bertz CT molecular complexity index is 910. The van der Waals surface area contributed by atoms with Gasteiger partial charge in [-0.2, -0.15) is 0 Å². The largest absolute Gasteiger partial charge is 0.496 e. The number of esters is 1. The minimum atomic E-state index is -0.356. The fraction of sp³-hybridized carbons (Fsp3) is 0.150. The smallest absolute Gasteiger partial charge is 0.338 e. The van der Waals surface area contributed by atoms with Crippen molar-refractivity contribution in [3.63, 3.8) is 0 Å². The number of carbonyl (C=O) groups excluding carboxylic acids is 1. The molecule has 0 N–H and O–H groups in total. The molecule has 0 aliphatic carbocycles. The molecule has 3 rings (SSSR count). The molecule has 0 radical (unpaired) electrons. The number of fused-ring (bicyclic) bond motifs is 1. The number of thioether (sulfide) groups is 1. The fourth-order valence-electron chi connectivity index (χ4n) is 2.73. The Labute approximate surface area is 159 Å². The Hall–Kier alpha value is -1.98. The normalized spacial score (nSPS) is 10.7. The molecule has 5 heteroatoms. The lowest BCUT2D eigenvalue weighted by molar-refractivity contribution is 0.0602. The lowest BCUT2D eigenvalue weighted by Crippen LogP contribution is -2.07. The average Bonchev–Trinajstić information content (AvgIpc) is 2.66. The number of rotatable bonds is 5. The van der Waals surface area contributed by atoms with Gasteiger partial charge in [-0.15, -0.1) is 11.8 Å². The molecule has 3 nitrogen and oxygen atoms in total. The summed E-state index contributed by atoms with van der Waals surface area (Å²) >= 11 is 5.23. The van der Waals surface area contributed by atoms with Crippen LogP contribution in [0.15, 0.2) is 64.0 Å². The molecule has 3 aromatic rings. The maximum absolute atomic E-state index is 12.5. The van der Waals surface area contributed by atoms with Gasteiger partial charge in [-0.3, -0.25) is 0 Å². The molecular formula is C20H17BrO3S. The molecule has 0 saturated heterocycles. The third-order valence-corrected chi connectivity index (χ3v) is 5.68. The number of carbonyl (C=O) groups is 1. The molecule has 0 saturated carbocycles. The SMILES string of the molecule is COC(=O)c1c(CSc2ccccc2)ccc2c(Br)ccc(OC)c12. The van der Waals surface area contributed by atoms with Crippen molar-refractivity contribution in [3.05, 3.63) is 70.2 Å². The van der Waals surface area contributed by atoms with Crippen LogP contribution in [0.1, 0.15) is 15.9 Å². The number of methoxy groups -OCH3 is 2. The standard InChI is InChI=1S/C20H17BrO3S/c1-23-17-11-10-16(21)15-9-8-13(18(19(15)17)20(22)24-2)12-25-14-6-4-3-5-7-14/h3-11H,12H2,1-2H3. The van der Waals surface area contributed by atoms with E-state index in [1.165, 1.54) is 7.11 Å². The van der Waals surface area contributed by atoms with Gasteiger partial charge >= 0.3 is 5.97 Å². The quantitative estimate of drug-likeness (QED) is 0.395. The van der Waals surface area contributed by atoms with Gasteiger partial charge in [0.05, 0.1) is 19.8 Å². The summed E-state index contributed by atoms with van der Waals surface area (Å²) in [7, 11) is 3.01. The Morgan fingerprint density at radius 3 is 2.48 bits per heavy atom. The molecule has 0 aromatic heterocycles. The van der Waals surface area contributed by atoms with Crippen LogP contribution in [0, 0.1) is 0 Å². The van der Waals surface area contributed by atoms with Crippen LogP contribution >= 0.6 is 27.7 Å². The first kappa shape index (κ1) is 17.8. The molecule has 0 spiro atoms. The van der Waals surface area contributed by atoms with Gasteiger partial charge in [0.1, 0.15) is 5.75 Å². The summed E-state index contributed by atoms with van der Waals surface area (Å²) in [6.45, 7) is 0. The van der Waals surface area contributed by atoms with Gasteiger partial charge in [0.2, 0.25) is 0 Å². The minimum absolute atomic E-state index is 0.356. The van der Waals surface area contributed by atoms with Crippen LogP contribution in [0.3, 0.4) is 0 Å². The summed E-state index contributed by atoms with van der Waals surface area (Å²) < 4.78 is 11.5. The summed E-state index contributed by atoms with van der Waals surface area (Å²) in [5, 5.41) is 1.70. The van der Waals surface area contributed by atoms with E-state index in [-0.39, 0.29) is 5.97 Å². The average molecular weight is 417 g/mol. The second-order valence-corrected chi connectivity index (χ2v) is 7.27. The second-order valence-electron chi connectivity index (χ2n) is 5.37. The fourth-order valence-corrected chi connectivity index (χ4v) is 4.10. The summed E-state index contributed by atoms with van der Waals surface area (Å²) in [5.41, 5.74) is 1.48. The molecule has 0 unspecified atom stereocenters. The van der Waals surface area contributed by atoms with E-state index in [0.29, 0.717) is 17.1 Å². The molecule has 0 bridgehead atoms. The lowest BCUT2D eigenvalue weighted by atomic mass is 9.99. The van der Waals surface area contributed by atoms with Crippen molar-refractivity contribution in [1.82, 2.24) is 0 Å². The van der Waals surface area contributed by atoms with Crippen LogP contribution in [-0.2, 0) is 10.5 Å². The van der Waals surface area contributed by atoms with Crippen LogP contribution in [0.2, 0.25) is 0 Å². The molecule has 0 heterocycles. The summed E-state index contributed by atoms with van der Waals surface area (Å²) in [6.07, 6.45) is 0. The Kier molecular flexibility index (Phi) is 5.66. The highest BCUT2D eigenvalue weighted by atomic mass is 79.9. The third-order valence-electron chi connectivity index (χ3n) is 3.92. The third kappa shape index (κ3) is 3.67. The first-order valence-corrected chi connectivity index (χ1v) is 9.47. The number of hydrogen-bond acceptors (Lipinski definition) is 4. The zero-order chi connectivity index (χ0) is 17.8. The first-order chi connectivity index (χ1) is 12.2. The predicted octanol–water partition coefficient (Wildman–Crippen LogP) is 5.69. The number of ether oxygens (including phenoxy) is 2. The molecule has 0 aliphatic heterocycles. The molecule has 25 heavy (non-hydrogen) atoms. The van der Waals surface area contributed by atoms with E-state index >= 15 is 0 Å². The van der Waals surface area contributed by atoms with Gasteiger partial charge in [0, 0.05) is 25.9 Å². The van der Waals surface area contributed by atoms with Crippen molar-refractivity contribution < 1.29 is 14.3 Å². The lowest BCUT2D eigenvalue weighted by Gasteiger charge is -2.15. The van der Waals surface area contributed by atoms with Crippen LogP contribution in [0.4, 0.5) is 0 Å². The van der Waals surface area contributed by atoms with E-state index in [1.54, 1.807) is 18.9 Å². The Morgan fingerprint density at radius 2 is 1.80 bits per heavy atom. The molecule has 0 amide bonds. The zero-order valence-corrected chi connectivity index (χ0v) is 16.3. The monoisotopic (exact) mass is 416 g/mol. The van der Waals surface area contributed by atoms with Crippen LogP contribution < -0.4 is 4.74 Å². The molecular weight excluding hydrogens is 400 g/mol. The van der Waals surface area contributed by atoms with E-state index in [9.17, 15) is 4.79 Å². The van der Waals surface area contributed by atoms with Crippen molar-refractivity contribution in [2.75, 3.05) is 14.2 Å². The van der Waals surface area contributed by atoms with Gasteiger partial charge in [0.15, 0.2) is 0 Å². The minimum Gasteiger partial charge on any atom is -0.496 e. The maximum atomic E-state index is 12.5. The highest BCUT2D eigenvalue weighted by Crippen LogP contribution is 2.37. The van der Waals surface area contributed by atoms with E-state index in [4.69, 9.17) is 9.47 Å². The van der Waals surface area contributed by atoms with Crippen molar-refractivity contribution in [2.45, 2.75) is 10.6 Å². The topological polar surface area (TPSA) is 35.5 Å². The maximum Gasteiger partial charge on any atom is 0.338 e. The highest BCUT2D eigenvalue weighted by Gasteiger charge is 2.20. The van der Waals surface area contributed by atoms with Crippen LogP contribution in [0.25, 0.3) is 10.8 Å². The second kappa shape index (κ2) is 7.93. The van der Waals surface area contributed by atoms with Crippen molar-refractivity contribution >= 4 is 44.4 Å². The van der Waals surface area contributed by atoms with E-state index < -0.39 is 0 Å². The molecule has 128 valence electrons. The Balaban J connectivity index is 2.13. The molecule has 0 atom stereocenters. The van der Waals surface area contributed by atoms with Crippen LogP contribution in [0.5, 0.6) is 5.75 Å². The number of benzene rings is 3. The van der Waals surface area contributed by atoms with Gasteiger partial charge < -0.3 is 9.47 Å². The van der Waals surface area contributed by atoms with Crippen molar-refractivity contribution in [1.29, 1.82) is 0 Å². The van der Waals surface area contributed by atoms with E-state index in [0.717, 1.165) is 25.7 Å². The van der Waals surface area contributed by atoms with Gasteiger partial charge in [-0.1, -0.05) is 46.3 Å². The zero-order valence-electron chi connectivity index (χ0n) is 13.9. The summed E-state index contributed by atoms with van der Waals surface area (Å²) in [4.78, 5) is 13.7. The summed E-state index contributed by atoms with van der Waals surface area (Å²) in [6, 6.07) is 17.9. The summed E-state index contributed by atoms with van der Waals surface area (Å²) in [5.74, 6) is 0.968. The van der Waals surface area contributed by atoms with E-state index in [1.807, 2.05) is 42.5 Å². The van der Waals surface area contributed by atoms with Crippen molar-refractivity contribution in [3.8, 4) is 5.75 Å². The predicted molar refractivity (Wildman–Crippen MR) is 106 cm³/mol. The number of hydrogen-bond donors (Lipinski definition) is 0.